The van der Waals surface area contributed by atoms with E-state index in [4.69, 9.17) is 4.84 Å². The first-order valence-electron chi connectivity index (χ1n) is 5.66. The van der Waals surface area contributed by atoms with Crippen LogP contribution in [0.25, 0.3) is 5.69 Å². The predicted molar refractivity (Wildman–Crippen MR) is 66.9 cm³/mol. The predicted octanol–water partition coefficient (Wildman–Crippen LogP) is -0.246. The van der Waals surface area contributed by atoms with Crippen LogP contribution >= 0.6 is 0 Å². The molecular weight excluding hydrogens is 266 g/mol. The quantitative estimate of drug-likeness (QED) is 0.775. The summed E-state index contributed by atoms with van der Waals surface area (Å²) in [4.78, 5) is 27.7. The summed E-state index contributed by atoms with van der Waals surface area (Å²) < 4.78 is 6.63. The average Bonchev–Trinajstić information content (AvgIpc) is 2.79. The van der Waals surface area contributed by atoms with Crippen LogP contribution in [0.5, 0.6) is 0 Å². The molecule has 9 heteroatoms. The molecule has 0 aliphatic carbocycles. The van der Waals surface area contributed by atoms with E-state index in [0.717, 1.165) is 9.36 Å². The van der Waals surface area contributed by atoms with E-state index in [0.29, 0.717) is 11.3 Å². The van der Waals surface area contributed by atoms with Crippen molar-refractivity contribution < 1.29 is 14.4 Å². The van der Waals surface area contributed by atoms with Gasteiger partial charge in [-0.2, -0.15) is 14.8 Å². The van der Waals surface area contributed by atoms with Gasteiger partial charge in [0.25, 0.3) is 0 Å². The zero-order valence-electron chi connectivity index (χ0n) is 10.9. The second-order valence-corrected chi connectivity index (χ2v) is 3.81. The van der Waals surface area contributed by atoms with Crippen LogP contribution in [0.2, 0.25) is 0 Å². The Morgan fingerprint density at radius 3 is 2.75 bits per heavy atom. The number of methoxy groups -OCH3 is 1. The average molecular weight is 279 g/mol. The van der Waals surface area contributed by atoms with Gasteiger partial charge < -0.3 is 4.74 Å². The van der Waals surface area contributed by atoms with E-state index in [9.17, 15) is 9.59 Å². The zero-order chi connectivity index (χ0) is 14.5. The molecule has 0 fully saturated rings. The number of para-hydroxylation sites is 1. The lowest BCUT2D eigenvalue weighted by Crippen LogP contribution is -2.25. The fourth-order valence-corrected chi connectivity index (χ4v) is 1.52. The first-order chi connectivity index (χ1) is 9.63. The Balaban J connectivity index is 2.21. The Kier molecular flexibility index (Phi) is 4.11. The Morgan fingerprint density at radius 1 is 1.35 bits per heavy atom. The van der Waals surface area contributed by atoms with E-state index in [-0.39, 0.29) is 12.3 Å². The van der Waals surface area contributed by atoms with Crippen LogP contribution in [0.3, 0.4) is 0 Å². The Labute approximate surface area is 113 Å². The molecule has 20 heavy (non-hydrogen) atoms. The van der Waals surface area contributed by atoms with Crippen LogP contribution in [-0.2, 0) is 23.2 Å². The molecule has 0 aliphatic rings. The Hall–Kier alpha value is -2.68. The molecule has 0 saturated carbocycles. The zero-order valence-corrected chi connectivity index (χ0v) is 10.9. The highest BCUT2D eigenvalue weighted by molar-refractivity contribution is 5.65. The number of aromatic nitrogens is 4. The van der Waals surface area contributed by atoms with Gasteiger partial charge in [-0.05, 0) is 16.5 Å². The molecular formula is C11H13N5O4. The second kappa shape index (κ2) is 5.97. The number of rotatable bonds is 4. The number of amides is 1. The van der Waals surface area contributed by atoms with Crippen LogP contribution in [0.1, 0.15) is 5.56 Å². The van der Waals surface area contributed by atoms with Gasteiger partial charge in [-0.25, -0.2) is 9.59 Å². The van der Waals surface area contributed by atoms with Gasteiger partial charge in [0, 0.05) is 12.6 Å². The molecule has 0 bridgehead atoms. The fourth-order valence-electron chi connectivity index (χ4n) is 1.52. The number of nitrogens with one attached hydrogen (secondary N) is 1. The maximum absolute atomic E-state index is 11.8. The van der Waals surface area contributed by atoms with Crippen LogP contribution in [-0.4, -0.2) is 33.0 Å². The first-order valence-corrected chi connectivity index (χ1v) is 5.66. The number of hydrogen-bond donors (Lipinski definition) is 1. The van der Waals surface area contributed by atoms with Gasteiger partial charge in [0.15, 0.2) is 0 Å². The van der Waals surface area contributed by atoms with Crippen molar-refractivity contribution in [1.82, 2.24) is 25.3 Å². The fraction of sp³-hybridized carbons (Fsp3) is 0.273. The SMILES string of the molecule is COC(=O)NOCc1ccccc1-n1nnn(C)c1=O. The van der Waals surface area contributed by atoms with Crippen molar-refractivity contribution in [3.05, 3.63) is 40.3 Å². The van der Waals surface area contributed by atoms with Gasteiger partial charge in [0.05, 0.1) is 12.8 Å². The van der Waals surface area contributed by atoms with E-state index in [1.807, 2.05) is 0 Å². The number of ether oxygens (including phenoxy) is 1. The topological polar surface area (TPSA) is 100 Å². The number of hydrogen-bond acceptors (Lipinski definition) is 6. The molecule has 1 amide bonds. The number of tetrazole rings is 1. The standard InChI is InChI=1S/C11H13N5O4/c1-15-11(18)16(14-13-15)9-6-4-3-5-8(9)7-20-12-10(17)19-2/h3-6H,7H2,1-2H3,(H,12,17). The van der Waals surface area contributed by atoms with Crippen molar-refractivity contribution in [3.63, 3.8) is 0 Å². The molecule has 106 valence electrons. The maximum Gasteiger partial charge on any atom is 0.431 e. The third kappa shape index (κ3) is 2.83. The number of hydroxylamine groups is 1. The Bertz CT molecular complexity index is 663. The smallest absolute Gasteiger partial charge is 0.431 e. The summed E-state index contributed by atoms with van der Waals surface area (Å²) in [6, 6.07) is 6.98. The van der Waals surface area contributed by atoms with Crippen molar-refractivity contribution in [2.24, 2.45) is 7.05 Å². The van der Waals surface area contributed by atoms with E-state index in [1.54, 1.807) is 24.3 Å². The first kappa shape index (κ1) is 13.7. The molecule has 0 spiro atoms. The molecule has 0 atom stereocenters. The third-order valence-electron chi connectivity index (χ3n) is 2.51. The molecule has 0 radical (unpaired) electrons. The Morgan fingerprint density at radius 2 is 2.10 bits per heavy atom. The maximum atomic E-state index is 11.8. The monoisotopic (exact) mass is 279 g/mol. The summed E-state index contributed by atoms with van der Waals surface area (Å²) in [5.41, 5.74) is 2.90. The van der Waals surface area contributed by atoms with E-state index < -0.39 is 6.09 Å². The molecule has 0 aliphatic heterocycles. The van der Waals surface area contributed by atoms with Crippen LogP contribution in [0.4, 0.5) is 4.79 Å². The normalized spacial score (nSPS) is 10.3. The third-order valence-corrected chi connectivity index (χ3v) is 2.51. The summed E-state index contributed by atoms with van der Waals surface area (Å²) >= 11 is 0. The summed E-state index contributed by atoms with van der Waals surface area (Å²) in [6.45, 7) is 0.0499. The molecule has 1 N–H and O–H groups in total. The van der Waals surface area contributed by atoms with Crippen molar-refractivity contribution in [1.29, 1.82) is 0 Å². The van der Waals surface area contributed by atoms with Crippen molar-refractivity contribution in [3.8, 4) is 5.69 Å². The number of benzene rings is 1. The minimum absolute atomic E-state index is 0.0499. The van der Waals surface area contributed by atoms with Gasteiger partial charge in [0.1, 0.15) is 6.61 Å². The minimum Gasteiger partial charge on any atom is -0.451 e. The number of carbonyl (C=O) groups is 1. The van der Waals surface area contributed by atoms with Crippen LogP contribution in [0.15, 0.2) is 29.1 Å². The summed E-state index contributed by atoms with van der Waals surface area (Å²) in [6.07, 6.45) is -0.709. The summed E-state index contributed by atoms with van der Waals surface area (Å²) in [7, 11) is 2.73. The van der Waals surface area contributed by atoms with Gasteiger partial charge in [-0.15, -0.1) is 0 Å². The number of aryl methyl sites for hydroxylation is 1. The molecule has 0 saturated heterocycles. The van der Waals surface area contributed by atoms with E-state index in [1.165, 1.54) is 14.2 Å². The van der Waals surface area contributed by atoms with Crippen molar-refractivity contribution >= 4 is 6.09 Å². The number of nitrogens with zero attached hydrogens (tertiary/aromatic N) is 4. The lowest BCUT2D eigenvalue weighted by atomic mass is 10.2. The van der Waals surface area contributed by atoms with Crippen LogP contribution < -0.4 is 11.2 Å². The molecule has 1 aromatic carbocycles. The molecule has 2 rings (SSSR count). The lowest BCUT2D eigenvalue weighted by Gasteiger charge is -2.08. The van der Waals surface area contributed by atoms with Crippen molar-refractivity contribution in [2.75, 3.05) is 7.11 Å². The van der Waals surface area contributed by atoms with Crippen molar-refractivity contribution in [2.45, 2.75) is 6.61 Å². The lowest BCUT2D eigenvalue weighted by molar-refractivity contribution is 0.0250. The molecule has 1 heterocycles. The van der Waals surface area contributed by atoms with Gasteiger partial charge >= 0.3 is 11.8 Å². The van der Waals surface area contributed by atoms with Gasteiger partial charge in [-0.3, -0.25) is 4.84 Å². The van der Waals surface area contributed by atoms with Crippen LogP contribution in [0, 0.1) is 0 Å². The van der Waals surface area contributed by atoms with Gasteiger partial charge in [0.2, 0.25) is 0 Å². The second-order valence-electron chi connectivity index (χ2n) is 3.81. The molecule has 1 aromatic heterocycles. The summed E-state index contributed by atoms with van der Waals surface area (Å²) in [5.74, 6) is 0. The van der Waals surface area contributed by atoms with E-state index >= 15 is 0 Å². The summed E-state index contributed by atoms with van der Waals surface area (Å²) in [5, 5.41) is 7.40. The number of carbonyl (C=O) groups excluding carboxylic acids is 1. The molecule has 9 nitrogen and oxygen atoms in total. The highest BCUT2D eigenvalue weighted by atomic mass is 16.7. The molecule has 2 aromatic rings. The van der Waals surface area contributed by atoms with E-state index in [2.05, 4.69) is 20.6 Å². The molecule has 0 unspecified atom stereocenters. The highest BCUT2D eigenvalue weighted by Gasteiger charge is 2.11. The minimum atomic E-state index is -0.709. The largest absolute Gasteiger partial charge is 0.451 e. The van der Waals surface area contributed by atoms with Gasteiger partial charge in [-0.1, -0.05) is 18.2 Å². The highest BCUT2D eigenvalue weighted by Crippen LogP contribution is 2.12.